The van der Waals surface area contributed by atoms with Crippen LogP contribution < -0.4 is 5.56 Å². The molecule has 0 aliphatic rings. The molecule has 10 heteroatoms. The van der Waals surface area contributed by atoms with Crippen molar-refractivity contribution in [3.05, 3.63) is 69.2 Å². The molecule has 4 heterocycles. The van der Waals surface area contributed by atoms with Crippen molar-refractivity contribution in [3.8, 4) is 22.7 Å². The van der Waals surface area contributed by atoms with E-state index in [1.54, 1.807) is 18.4 Å². The fourth-order valence-electron chi connectivity index (χ4n) is 2.88. The van der Waals surface area contributed by atoms with Crippen LogP contribution in [0.5, 0.6) is 0 Å². The number of nitrogens with one attached hydrogen (secondary N) is 1. The molecule has 28 heavy (non-hydrogen) atoms. The second kappa shape index (κ2) is 6.70. The summed E-state index contributed by atoms with van der Waals surface area (Å²) in [5.74, 6) is 1.48. The minimum absolute atomic E-state index is 0.177. The van der Waals surface area contributed by atoms with E-state index < -0.39 is 0 Å². The van der Waals surface area contributed by atoms with Crippen LogP contribution >= 0.6 is 22.9 Å². The first-order valence-corrected chi connectivity index (χ1v) is 9.52. The Morgan fingerprint density at radius 3 is 2.89 bits per heavy atom. The molecule has 0 aliphatic heterocycles. The second-order valence-corrected chi connectivity index (χ2v) is 7.21. The highest BCUT2D eigenvalue weighted by Crippen LogP contribution is 2.31. The summed E-state index contributed by atoms with van der Waals surface area (Å²) in [6, 6.07) is 10.8. The molecule has 138 valence electrons. The summed E-state index contributed by atoms with van der Waals surface area (Å²) in [4.78, 5) is 21.9. The van der Waals surface area contributed by atoms with E-state index in [1.165, 1.54) is 16.1 Å². The van der Waals surface area contributed by atoms with Gasteiger partial charge in [-0.3, -0.25) is 4.79 Å². The molecule has 8 nitrogen and oxygen atoms in total. The quantitative estimate of drug-likeness (QED) is 0.485. The number of nitrogens with zero attached hydrogens (tertiary/aromatic N) is 5. The van der Waals surface area contributed by atoms with Gasteiger partial charge in [-0.2, -0.15) is 4.80 Å². The van der Waals surface area contributed by atoms with Gasteiger partial charge in [-0.25, -0.2) is 4.98 Å². The van der Waals surface area contributed by atoms with Crippen molar-refractivity contribution in [1.29, 1.82) is 0 Å². The van der Waals surface area contributed by atoms with Crippen LogP contribution in [0, 0.1) is 0 Å². The monoisotopic (exact) mass is 410 g/mol. The van der Waals surface area contributed by atoms with Crippen molar-refractivity contribution < 1.29 is 4.42 Å². The lowest BCUT2D eigenvalue weighted by Crippen LogP contribution is -2.15. The van der Waals surface area contributed by atoms with Crippen LogP contribution in [-0.4, -0.2) is 30.2 Å². The SMILES string of the molecule is O=c1[nH]c(Cn2nnc(-c3ccccc3Cl)n2)nc2scc(-c3ccco3)c12. The van der Waals surface area contributed by atoms with Gasteiger partial charge in [-0.05, 0) is 29.5 Å². The third-order valence-corrected chi connectivity index (χ3v) is 5.34. The smallest absolute Gasteiger partial charge is 0.260 e. The van der Waals surface area contributed by atoms with Gasteiger partial charge in [0.1, 0.15) is 23.0 Å². The highest BCUT2D eigenvalue weighted by molar-refractivity contribution is 7.17. The van der Waals surface area contributed by atoms with Crippen LogP contribution in [-0.2, 0) is 6.54 Å². The van der Waals surface area contributed by atoms with Crippen LogP contribution in [0.1, 0.15) is 5.82 Å². The summed E-state index contributed by atoms with van der Waals surface area (Å²) in [6.07, 6.45) is 1.57. The summed E-state index contributed by atoms with van der Waals surface area (Å²) < 4.78 is 5.40. The average molecular weight is 411 g/mol. The van der Waals surface area contributed by atoms with E-state index in [-0.39, 0.29) is 12.1 Å². The maximum absolute atomic E-state index is 12.6. The van der Waals surface area contributed by atoms with Gasteiger partial charge in [0.05, 0.1) is 16.7 Å². The zero-order chi connectivity index (χ0) is 19.1. The Labute approximate surface area is 166 Å². The average Bonchev–Trinajstić information content (AvgIpc) is 3.42. The molecule has 0 bridgehead atoms. The van der Waals surface area contributed by atoms with E-state index in [9.17, 15) is 4.79 Å². The molecule has 0 aliphatic carbocycles. The van der Waals surface area contributed by atoms with E-state index in [4.69, 9.17) is 16.0 Å². The van der Waals surface area contributed by atoms with Crippen LogP contribution in [0.4, 0.5) is 0 Å². The number of aromatic nitrogens is 6. The number of rotatable bonds is 4. The molecular weight excluding hydrogens is 400 g/mol. The van der Waals surface area contributed by atoms with Gasteiger partial charge >= 0.3 is 0 Å². The predicted molar refractivity (Wildman–Crippen MR) is 105 cm³/mol. The molecular formula is C18H11ClN6O2S. The highest BCUT2D eigenvalue weighted by atomic mass is 35.5. The fraction of sp³-hybridized carbons (Fsp3) is 0.0556. The van der Waals surface area contributed by atoms with Gasteiger partial charge in [0.15, 0.2) is 0 Å². The Balaban J connectivity index is 1.48. The maximum atomic E-state index is 12.6. The van der Waals surface area contributed by atoms with Gasteiger partial charge in [-0.15, -0.1) is 21.5 Å². The molecule has 1 aromatic carbocycles. The predicted octanol–water partition coefficient (Wildman–Crippen LogP) is 3.60. The Morgan fingerprint density at radius 1 is 1.18 bits per heavy atom. The molecule has 0 unspecified atom stereocenters. The zero-order valence-electron chi connectivity index (χ0n) is 14.2. The number of fused-ring (bicyclic) bond motifs is 1. The van der Waals surface area contributed by atoms with E-state index in [2.05, 4.69) is 25.4 Å². The van der Waals surface area contributed by atoms with Crippen molar-refractivity contribution in [2.75, 3.05) is 0 Å². The fourth-order valence-corrected chi connectivity index (χ4v) is 4.04. The molecule has 1 N–H and O–H groups in total. The third kappa shape index (κ3) is 2.90. The largest absolute Gasteiger partial charge is 0.464 e. The molecule has 0 radical (unpaired) electrons. The van der Waals surface area contributed by atoms with E-state index in [1.807, 2.05) is 29.6 Å². The summed E-state index contributed by atoms with van der Waals surface area (Å²) in [7, 11) is 0. The Kier molecular flexibility index (Phi) is 4.03. The summed E-state index contributed by atoms with van der Waals surface area (Å²) in [6.45, 7) is 0.177. The number of H-pyrrole nitrogens is 1. The van der Waals surface area contributed by atoms with Crippen molar-refractivity contribution in [2.45, 2.75) is 6.54 Å². The first-order valence-electron chi connectivity index (χ1n) is 8.26. The van der Waals surface area contributed by atoms with Gasteiger partial charge < -0.3 is 9.40 Å². The van der Waals surface area contributed by atoms with Crippen LogP contribution in [0.15, 0.2) is 57.3 Å². The lowest BCUT2D eigenvalue weighted by Gasteiger charge is -2.00. The van der Waals surface area contributed by atoms with Crippen molar-refractivity contribution in [2.24, 2.45) is 0 Å². The molecule has 0 fully saturated rings. The number of aromatic amines is 1. The minimum Gasteiger partial charge on any atom is -0.464 e. The van der Waals surface area contributed by atoms with E-state index >= 15 is 0 Å². The van der Waals surface area contributed by atoms with Crippen LogP contribution in [0.2, 0.25) is 5.02 Å². The van der Waals surface area contributed by atoms with Gasteiger partial charge in [0.25, 0.3) is 5.56 Å². The number of halogens is 1. The molecule has 0 amide bonds. The number of hydrogen-bond acceptors (Lipinski definition) is 7. The lowest BCUT2D eigenvalue weighted by molar-refractivity contribution is 0.555. The lowest BCUT2D eigenvalue weighted by atomic mass is 10.2. The highest BCUT2D eigenvalue weighted by Gasteiger charge is 2.16. The maximum Gasteiger partial charge on any atom is 0.260 e. The Morgan fingerprint density at radius 2 is 2.07 bits per heavy atom. The Hall–Kier alpha value is -3.30. The standard InChI is InChI=1S/C18H11ClN6O2S/c19-12-5-2-1-4-10(12)16-22-24-25(23-16)8-14-20-17(26)15-11(9-28-18(15)21-14)13-6-3-7-27-13/h1-7,9H,8H2,(H,20,21,26). The van der Waals surface area contributed by atoms with E-state index in [0.717, 1.165) is 5.56 Å². The zero-order valence-corrected chi connectivity index (χ0v) is 15.7. The topological polar surface area (TPSA) is 102 Å². The van der Waals surface area contributed by atoms with Gasteiger partial charge in [0.2, 0.25) is 5.82 Å². The van der Waals surface area contributed by atoms with Crippen molar-refractivity contribution in [3.63, 3.8) is 0 Å². The van der Waals surface area contributed by atoms with Crippen molar-refractivity contribution in [1.82, 2.24) is 30.2 Å². The normalized spacial score (nSPS) is 11.3. The first-order chi connectivity index (χ1) is 13.7. The number of thiophene rings is 1. The minimum atomic E-state index is -0.237. The van der Waals surface area contributed by atoms with E-state index in [0.29, 0.717) is 38.2 Å². The van der Waals surface area contributed by atoms with Gasteiger partial charge in [0, 0.05) is 16.5 Å². The number of tetrazole rings is 1. The summed E-state index contributed by atoms with van der Waals surface area (Å²) >= 11 is 7.56. The number of hydrogen-bond donors (Lipinski definition) is 1. The molecule has 0 saturated carbocycles. The van der Waals surface area contributed by atoms with Crippen LogP contribution in [0.3, 0.4) is 0 Å². The van der Waals surface area contributed by atoms with Crippen molar-refractivity contribution >= 4 is 33.2 Å². The van der Waals surface area contributed by atoms with Gasteiger partial charge in [-0.1, -0.05) is 23.7 Å². The number of benzene rings is 1. The third-order valence-electron chi connectivity index (χ3n) is 4.14. The number of furan rings is 1. The molecule has 5 aromatic rings. The Bertz CT molecular complexity index is 1340. The second-order valence-electron chi connectivity index (χ2n) is 5.94. The summed E-state index contributed by atoms with van der Waals surface area (Å²) in [5.41, 5.74) is 1.18. The van der Waals surface area contributed by atoms with Crippen LogP contribution in [0.25, 0.3) is 32.9 Å². The molecule has 5 rings (SSSR count). The molecule has 0 saturated heterocycles. The molecule has 0 spiro atoms. The molecule has 0 atom stereocenters. The summed E-state index contributed by atoms with van der Waals surface area (Å²) in [5, 5.41) is 15.3. The molecule has 4 aromatic heterocycles. The first kappa shape index (κ1) is 16.8.